The van der Waals surface area contributed by atoms with E-state index in [4.69, 9.17) is 0 Å². The van der Waals surface area contributed by atoms with Crippen LogP contribution in [0, 0.1) is 0 Å². The average Bonchev–Trinajstić information content (AvgIpc) is 2.16. The number of anilines is 1. The minimum Gasteiger partial charge on any atom is -0.282 e. The van der Waals surface area contributed by atoms with Crippen LogP contribution in [0.2, 0.25) is 0 Å². The van der Waals surface area contributed by atoms with E-state index in [0.29, 0.717) is 11.2 Å². The predicted molar refractivity (Wildman–Crippen MR) is 58.0 cm³/mol. The summed E-state index contributed by atoms with van der Waals surface area (Å²) in [5, 5.41) is 0.797. The molecule has 0 fully saturated rings. The molecule has 0 aliphatic rings. The fraction of sp³-hybridized carbons (Fsp3) is 0.111. The van der Waals surface area contributed by atoms with E-state index >= 15 is 0 Å². The van der Waals surface area contributed by atoms with Gasteiger partial charge in [-0.25, -0.2) is 18.4 Å². The molecule has 0 unspecified atom stereocenters. The first-order valence-electron chi connectivity index (χ1n) is 4.23. The normalized spacial score (nSPS) is 11.5. The third-order valence-corrected chi connectivity index (χ3v) is 2.42. The van der Waals surface area contributed by atoms with Gasteiger partial charge in [-0.3, -0.25) is 4.72 Å². The number of benzene rings is 1. The highest BCUT2D eigenvalue weighted by molar-refractivity contribution is 7.92. The smallest absolute Gasteiger partial charge is 0.229 e. The topological polar surface area (TPSA) is 72.0 Å². The number of fused-ring (bicyclic) bond motifs is 1. The Kier molecular flexibility index (Phi) is 2.28. The molecule has 15 heavy (non-hydrogen) atoms. The van der Waals surface area contributed by atoms with Gasteiger partial charge >= 0.3 is 0 Å². The molecule has 0 radical (unpaired) electrons. The minimum absolute atomic E-state index is 0.470. The van der Waals surface area contributed by atoms with E-state index < -0.39 is 10.0 Å². The van der Waals surface area contributed by atoms with E-state index in [-0.39, 0.29) is 0 Å². The Morgan fingerprint density at radius 3 is 2.87 bits per heavy atom. The first-order valence-corrected chi connectivity index (χ1v) is 6.12. The number of para-hydroxylation sites is 1. The molecule has 0 saturated heterocycles. The second-order valence-corrected chi connectivity index (χ2v) is 4.89. The van der Waals surface area contributed by atoms with E-state index in [1.54, 1.807) is 18.3 Å². The lowest BCUT2D eigenvalue weighted by Gasteiger charge is -2.05. The van der Waals surface area contributed by atoms with E-state index in [0.717, 1.165) is 11.6 Å². The first-order chi connectivity index (χ1) is 7.06. The molecule has 2 rings (SSSR count). The highest BCUT2D eigenvalue weighted by Crippen LogP contribution is 2.20. The molecular formula is C9H9N3O2S. The summed E-state index contributed by atoms with van der Waals surface area (Å²) in [5.74, 6) is 0. The number of nitrogens with zero attached hydrogens (tertiary/aromatic N) is 2. The number of hydrogen-bond donors (Lipinski definition) is 1. The van der Waals surface area contributed by atoms with Gasteiger partial charge in [0.05, 0.1) is 17.5 Å². The lowest BCUT2D eigenvalue weighted by molar-refractivity contribution is 0.607. The van der Waals surface area contributed by atoms with Crippen molar-refractivity contribution in [3.63, 3.8) is 0 Å². The van der Waals surface area contributed by atoms with Crippen LogP contribution in [0.3, 0.4) is 0 Å². The zero-order valence-electron chi connectivity index (χ0n) is 8.01. The van der Waals surface area contributed by atoms with Gasteiger partial charge in [0, 0.05) is 11.6 Å². The number of sulfonamides is 1. The summed E-state index contributed by atoms with van der Waals surface area (Å²) in [4.78, 5) is 7.89. The summed E-state index contributed by atoms with van der Waals surface area (Å²) in [5.41, 5.74) is 1.07. The lowest BCUT2D eigenvalue weighted by Crippen LogP contribution is -2.10. The van der Waals surface area contributed by atoms with Gasteiger partial charge in [0.2, 0.25) is 10.0 Å². The molecular weight excluding hydrogens is 214 g/mol. The molecule has 1 N–H and O–H groups in total. The number of nitrogens with one attached hydrogen (secondary N) is 1. The van der Waals surface area contributed by atoms with Crippen LogP contribution in [0.25, 0.3) is 10.9 Å². The summed E-state index contributed by atoms with van der Waals surface area (Å²) in [7, 11) is -3.28. The highest BCUT2D eigenvalue weighted by Gasteiger charge is 2.06. The summed E-state index contributed by atoms with van der Waals surface area (Å²) in [6.07, 6.45) is 4.12. The van der Waals surface area contributed by atoms with Gasteiger partial charge in [-0.1, -0.05) is 12.1 Å². The Hall–Kier alpha value is -1.69. The predicted octanol–water partition coefficient (Wildman–Crippen LogP) is 1.00. The maximum Gasteiger partial charge on any atom is 0.229 e. The zero-order valence-corrected chi connectivity index (χ0v) is 8.82. The third-order valence-electron chi connectivity index (χ3n) is 1.83. The standard InChI is InChI=1S/C9H9N3O2S/c1-15(13,14)12-8-4-2-3-7-5-10-6-11-9(7)8/h2-6,12H,1H3. The maximum atomic E-state index is 11.1. The van der Waals surface area contributed by atoms with Crippen molar-refractivity contribution in [2.75, 3.05) is 11.0 Å². The molecule has 0 bridgehead atoms. The van der Waals surface area contributed by atoms with Crippen LogP contribution in [-0.2, 0) is 10.0 Å². The van der Waals surface area contributed by atoms with E-state index in [1.165, 1.54) is 6.33 Å². The molecule has 0 amide bonds. The Balaban J connectivity index is 2.61. The molecule has 2 aromatic rings. The second kappa shape index (κ2) is 3.47. The molecule has 0 aliphatic heterocycles. The first kappa shape index (κ1) is 9.85. The van der Waals surface area contributed by atoms with Crippen LogP contribution in [0.1, 0.15) is 0 Å². The molecule has 1 heterocycles. The Morgan fingerprint density at radius 2 is 2.13 bits per heavy atom. The van der Waals surface area contributed by atoms with Crippen LogP contribution in [0.4, 0.5) is 5.69 Å². The van der Waals surface area contributed by atoms with Gasteiger partial charge in [0.25, 0.3) is 0 Å². The van der Waals surface area contributed by atoms with Crippen molar-refractivity contribution in [1.82, 2.24) is 9.97 Å². The quantitative estimate of drug-likeness (QED) is 0.824. The van der Waals surface area contributed by atoms with Crippen molar-refractivity contribution >= 4 is 26.6 Å². The average molecular weight is 223 g/mol. The van der Waals surface area contributed by atoms with Gasteiger partial charge in [-0.15, -0.1) is 0 Å². The molecule has 1 aromatic heterocycles. The Labute approximate surface area is 87.2 Å². The fourth-order valence-corrected chi connectivity index (χ4v) is 1.86. The van der Waals surface area contributed by atoms with Gasteiger partial charge in [0.1, 0.15) is 6.33 Å². The molecule has 0 aliphatic carbocycles. The maximum absolute atomic E-state index is 11.1. The molecule has 5 nitrogen and oxygen atoms in total. The third kappa shape index (κ3) is 2.21. The minimum atomic E-state index is -3.28. The largest absolute Gasteiger partial charge is 0.282 e. The van der Waals surface area contributed by atoms with Crippen LogP contribution in [0.5, 0.6) is 0 Å². The van der Waals surface area contributed by atoms with Crippen molar-refractivity contribution in [1.29, 1.82) is 0 Å². The molecule has 1 aromatic carbocycles. The molecule has 6 heteroatoms. The molecule has 0 saturated carbocycles. The molecule has 78 valence electrons. The van der Waals surface area contributed by atoms with Crippen molar-refractivity contribution in [3.05, 3.63) is 30.7 Å². The fourth-order valence-electron chi connectivity index (χ4n) is 1.30. The van der Waals surface area contributed by atoms with Crippen LogP contribution < -0.4 is 4.72 Å². The number of hydrogen-bond acceptors (Lipinski definition) is 4. The monoisotopic (exact) mass is 223 g/mol. The van der Waals surface area contributed by atoms with Crippen LogP contribution >= 0.6 is 0 Å². The summed E-state index contributed by atoms with van der Waals surface area (Å²) in [6.45, 7) is 0. The van der Waals surface area contributed by atoms with Crippen LogP contribution in [0.15, 0.2) is 30.7 Å². The van der Waals surface area contributed by atoms with E-state index in [2.05, 4.69) is 14.7 Å². The van der Waals surface area contributed by atoms with E-state index in [1.807, 2.05) is 6.07 Å². The van der Waals surface area contributed by atoms with E-state index in [9.17, 15) is 8.42 Å². The second-order valence-electron chi connectivity index (χ2n) is 3.14. The van der Waals surface area contributed by atoms with Gasteiger partial charge < -0.3 is 0 Å². The van der Waals surface area contributed by atoms with Gasteiger partial charge in [-0.2, -0.15) is 0 Å². The molecule has 0 spiro atoms. The zero-order chi connectivity index (χ0) is 10.9. The number of aromatic nitrogens is 2. The Morgan fingerprint density at radius 1 is 1.33 bits per heavy atom. The summed E-state index contributed by atoms with van der Waals surface area (Å²) < 4.78 is 24.6. The van der Waals surface area contributed by atoms with Crippen molar-refractivity contribution in [2.24, 2.45) is 0 Å². The van der Waals surface area contributed by atoms with Gasteiger partial charge in [0.15, 0.2) is 0 Å². The summed E-state index contributed by atoms with van der Waals surface area (Å²) >= 11 is 0. The van der Waals surface area contributed by atoms with Crippen molar-refractivity contribution in [2.45, 2.75) is 0 Å². The van der Waals surface area contributed by atoms with Gasteiger partial charge in [-0.05, 0) is 6.07 Å². The lowest BCUT2D eigenvalue weighted by atomic mass is 10.2. The van der Waals surface area contributed by atoms with Crippen molar-refractivity contribution < 1.29 is 8.42 Å². The highest BCUT2D eigenvalue weighted by atomic mass is 32.2. The Bertz CT molecular complexity index is 590. The summed E-state index contributed by atoms with van der Waals surface area (Å²) in [6, 6.07) is 5.23. The molecule has 0 atom stereocenters. The van der Waals surface area contributed by atoms with Crippen molar-refractivity contribution in [3.8, 4) is 0 Å². The SMILES string of the molecule is CS(=O)(=O)Nc1cccc2cncnc12. The number of rotatable bonds is 2. The van der Waals surface area contributed by atoms with Crippen LogP contribution in [-0.4, -0.2) is 24.6 Å².